The van der Waals surface area contributed by atoms with E-state index in [-0.39, 0.29) is 45.8 Å². The Balaban J connectivity index is 2.09. The fourth-order valence-corrected chi connectivity index (χ4v) is 7.64. The van der Waals surface area contributed by atoms with Crippen LogP contribution < -0.4 is 16.4 Å². The van der Waals surface area contributed by atoms with E-state index in [9.17, 15) is 31.0 Å². The van der Waals surface area contributed by atoms with E-state index in [4.69, 9.17) is 21.9 Å². The number of azo groups is 2. The molecule has 49 heavy (non-hydrogen) atoms. The summed E-state index contributed by atoms with van der Waals surface area (Å²) in [6.07, 6.45) is 1.96. The third-order valence-corrected chi connectivity index (χ3v) is 10.5. The van der Waals surface area contributed by atoms with Crippen LogP contribution in [-0.2, 0) is 29.8 Å². The highest BCUT2D eigenvalue weighted by atomic mass is 35.5. The molecule has 0 unspecified atom stereocenters. The summed E-state index contributed by atoms with van der Waals surface area (Å²) in [5.41, 5.74) is 7.86. The molecule has 0 radical (unpaired) electrons. The molecule has 0 aliphatic carbocycles. The number of hydrogen-bond acceptors (Lipinski definition) is 13. The number of hydrogen-bond donors (Lipinski definition) is 5. The molecule has 0 aliphatic heterocycles. The number of nitrogens with one attached hydrogen (secondary N) is 2. The van der Waals surface area contributed by atoms with E-state index >= 15 is 0 Å². The van der Waals surface area contributed by atoms with Crippen molar-refractivity contribution in [3.05, 3.63) is 47.5 Å². The second-order valence-corrected chi connectivity index (χ2v) is 15.9. The summed E-state index contributed by atoms with van der Waals surface area (Å²) in [7, 11) is -8.74. The Labute approximate surface area is 297 Å². The van der Waals surface area contributed by atoms with Crippen LogP contribution in [0.25, 0.3) is 0 Å². The molecular formula is C29H34ClN7O8S4. The van der Waals surface area contributed by atoms with E-state index in [0.717, 1.165) is 18.9 Å². The first-order chi connectivity index (χ1) is 23.0. The Bertz CT molecular complexity index is 1990. The lowest BCUT2D eigenvalue weighted by molar-refractivity contribution is -0.115. The van der Waals surface area contributed by atoms with Gasteiger partial charge in [0, 0.05) is 29.3 Å². The number of carbonyl (C=O) groups excluding carboxylic acids is 2. The maximum atomic E-state index is 12.1. The first kappa shape index (κ1) is 39.8. The van der Waals surface area contributed by atoms with Crippen molar-refractivity contribution >= 4 is 107 Å². The molecule has 3 rings (SSSR count). The summed E-state index contributed by atoms with van der Waals surface area (Å²) < 4.78 is 64.1. The van der Waals surface area contributed by atoms with E-state index in [1.165, 1.54) is 55.6 Å². The zero-order valence-electron chi connectivity index (χ0n) is 26.5. The Morgan fingerprint density at radius 3 is 1.94 bits per heavy atom. The number of unbranched alkanes of at least 4 members (excludes halogenated alkanes) is 1. The molecule has 0 aromatic heterocycles. The largest absolute Gasteiger partial charge is 0.398 e. The van der Waals surface area contributed by atoms with Gasteiger partial charge in [0.2, 0.25) is 11.8 Å². The number of amides is 2. The Morgan fingerprint density at radius 1 is 0.796 bits per heavy atom. The van der Waals surface area contributed by atoms with E-state index in [1.54, 1.807) is 18.2 Å². The number of carbonyl (C=O) groups is 2. The zero-order chi connectivity index (χ0) is 36.4. The first-order valence-corrected chi connectivity index (χ1v) is 19.8. The van der Waals surface area contributed by atoms with Gasteiger partial charge in [-0.2, -0.15) is 21.9 Å². The summed E-state index contributed by atoms with van der Waals surface area (Å²) in [6, 6.07) is 9.98. The van der Waals surface area contributed by atoms with Gasteiger partial charge in [-0.3, -0.25) is 18.7 Å². The predicted octanol–water partition coefficient (Wildman–Crippen LogP) is 8.18. The number of rotatable bonds is 16. The van der Waals surface area contributed by atoms with Gasteiger partial charge in [-0.15, -0.1) is 38.9 Å². The molecular weight excluding hydrogens is 738 g/mol. The molecule has 0 bridgehead atoms. The fraction of sp³-hybridized carbons (Fsp3) is 0.310. The Morgan fingerprint density at radius 2 is 1.35 bits per heavy atom. The first-order valence-electron chi connectivity index (χ1n) is 14.4. The lowest BCUT2D eigenvalue weighted by Crippen LogP contribution is -2.07. The van der Waals surface area contributed by atoms with Crippen LogP contribution in [0.2, 0.25) is 5.02 Å². The van der Waals surface area contributed by atoms with E-state index < -0.39 is 36.8 Å². The van der Waals surface area contributed by atoms with E-state index in [1.807, 2.05) is 6.92 Å². The number of nitrogens with zero attached hydrogens (tertiary/aromatic N) is 4. The van der Waals surface area contributed by atoms with Crippen LogP contribution >= 0.6 is 35.1 Å². The molecule has 0 heterocycles. The van der Waals surface area contributed by atoms with Crippen molar-refractivity contribution in [1.29, 1.82) is 0 Å². The van der Waals surface area contributed by atoms with Crippen LogP contribution in [0.3, 0.4) is 0 Å². The SMILES string of the molecule is CCCCSc1cc(N=Nc2ccc(Cl)c(S(=O)(=O)O)c2)c(NC(C)=O)cc1N=Nc1cc(SCCCS(=O)(=O)O)c(N)cc1NC(C)=O. The van der Waals surface area contributed by atoms with Gasteiger partial charge < -0.3 is 16.4 Å². The van der Waals surface area contributed by atoms with E-state index in [0.29, 0.717) is 32.7 Å². The average molecular weight is 772 g/mol. The zero-order valence-corrected chi connectivity index (χ0v) is 30.5. The number of nitrogen functional groups attached to an aromatic ring is 1. The van der Waals surface area contributed by atoms with Crippen molar-refractivity contribution in [3.8, 4) is 0 Å². The summed E-state index contributed by atoms with van der Waals surface area (Å²) in [6.45, 7) is 4.65. The predicted molar refractivity (Wildman–Crippen MR) is 193 cm³/mol. The minimum Gasteiger partial charge on any atom is -0.398 e. The highest BCUT2D eigenvalue weighted by molar-refractivity contribution is 7.99. The quantitative estimate of drug-likeness (QED) is 0.0306. The Kier molecular flexibility index (Phi) is 14.5. The highest BCUT2D eigenvalue weighted by Gasteiger charge is 2.17. The van der Waals surface area contributed by atoms with Crippen molar-refractivity contribution in [1.82, 2.24) is 0 Å². The molecule has 0 fully saturated rings. The molecule has 264 valence electrons. The van der Waals surface area contributed by atoms with Crippen molar-refractivity contribution in [2.75, 3.05) is 33.6 Å². The minimum atomic E-state index is -4.62. The summed E-state index contributed by atoms with van der Waals surface area (Å²) >= 11 is 8.60. The van der Waals surface area contributed by atoms with Crippen LogP contribution in [0.4, 0.5) is 39.8 Å². The number of benzene rings is 3. The molecule has 0 spiro atoms. The smallest absolute Gasteiger partial charge is 0.296 e. The minimum absolute atomic E-state index is 0.0651. The topological polar surface area (TPSA) is 242 Å². The molecule has 0 saturated carbocycles. The van der Waals surface area contributed by atoms with Gasteiger partial charge in [-0.1, -0.05) is 24.9 Å². The second-order valence-electron chi connectivity index (χ2n) is 10.3. The van der Waals surface area contributed by atoms with Gasteiger partial charge in [-0.05, 0) is 66.8 Å². The molecule has 20 heteroatoms. The molecule has 2 amide bonds. The molecule has 0 aliphatic rings. The average Bonchev–Trinajstić information content (AvgIpc) is 2.98. The van der Waals surface area contributed by atoms with Crippen molar-refractivity contribution in [2.24, 2.45) is 20.5 Å². The monoisotopic (exact) mass is 771 g/mol. The van der Waals surface area contributed by atoms with Crippen LogP contribution in [0.5, 0.6) is 0 Å². The summed E-state index contributed by atoms with van der Waals surface area (Å²) in [5, 5.41) is 22.3. The normalized spacial score (nSPS) is 12.1. The maximum Gasteiger partial charge on any atom is 0.296 e. The molecule has 6 N–H and O–H groups in total. The Hall–Kier alpha value is -3.59. The summed E-state index contributed by atoms with van der Waals surface area (Å²) in [5.74, 6) is -0.193. The second kappa shape index (κ2) is 17.9. The number of thioether (sulfide) groups is 2. The fourth-order valence-electron chi connectivity index (χ4n) is 3.93. The molecule has 0 atom stereocenters. The number of halogens is 1. The van der Waals surface area contributed by atoms with Gasteiger partial charge in [-0.25, -0.2) is 0 Å². The van der Waals surface area contributed by atoms with Crippen molar-refractivity contribution in [3.63, 3.8) is 0 Å². The lowest BCUT2D eigenvalue weighted by Gasteiger charge is -2.13. The highest BCUT2D eigenvalue weighted by Crippen LogP contribution is 2.42. The number of anilines is 3. The molecule has 15 nitrogen and oxygen atoms in total. The summed E-state index contributed by atoms with van der Waals surface area (Å²) in [4.78, 5) is 24.7. The van der Waals surface area contributed by atoms with Gasteiger partial charge in [0.1, 0.15) is 22.0 Å². The van der Waals surface area contributed by atoms with Crippen LogP contribution in [-0.4, -0.2) is 55.0 Å². The third kappa shape index (κ3) is 13.0. The molecule has 3 aromatic rings. The lowest BCUT2D eigenvalue weighted by atomic mass is 10.2. The van der Waals surface area contributed by atoms with Gasteiger partial charge >= 0.3 is 0 Å². The van der Waals surface area contributed by atoms with Crippen LogP contribution in [0.15, 0.2) is 77.6 Å². The van der Waals surface area contributed by atoms with Crippen molar-refractivity contribution < 1.29 is 35.5 Å². The third-order valence-electron chi connectivity index (χ3n) is 6.12. The van der Waals surface area contributed by atoms with Crippen molar-refractivity contribution in [2.45, 2.75) is 54.7 Å². The van der Waals surface area contributed by atoms with Gasteiger partial charge in [0.15, 0.2) is 0 Å². The van der Waals surface area contributed by atoms with Crippen LogP contribution in [0, 0.1) is 0 Å². The maximum absolute atomic E-state index is 12.1. The van der Waals surface area contributed by atoms with E-state index in [2.05, 4.69) is 31.1 Å². The number of nitrogens with two attached hydrogens (primary N) is 1. The molecule has 0 saturated heterocycles. The van der Waals surface area contributed by atoms with Crippen LogP contribution in [0.1, 0.15) is 40.0 Å². The van der Waals surface area contributed by atoms with Gasteiger partial charge in [0.25, 0.3) is 20.2 Å². The van der Waals surface area contributed by atoms with Gasteiger partial charge in [0.05, 0.1) is 27.8 Å². The molecule has 3 aromatic carbocycles. The standard InChI is InChI=1S/C29H34ClN7O8S4/c1-4-5-9-47-28-16-25(35-34-19-7-8-20(30)29(12-19)49(43,44)45)23(33-18(3)39)14-26(28)37-36-24-15-27(46-10-6-11-48(40,41)42)21(31)13-22(24)32-17(2)38/h7-8,12-16H,4-6,9-11,31H2,1-3H3,(H,32,38)(H,33,39)(H,40,41,42)(H,43,44,45).